The Hall–Kier alpha value is -2.64. The maximum atomic E-state index is 13.5. The van der Waals surface area contributed by atoms with Crippen molar-refractivity contribution in [1.29, 1.82) is 5.26 Å². The molecular weight excluding hydrogens is 383 g/mol. The summed E-state index contributed by atoms with van der Waals surface area (Å²) in [6, 6.07) is 5.59. The lowest BCUT2D eigenvalue weighted by atomic mass is 10.0. The molecule has 3 N–H and O–H groups in total. The Labute approximate surface area is 165 Å². The van der Waals surface area contributed by atoms with Crippen molar-refractivity contribution in [1.82, 2.24) is 9.45 Å². The summed E-state index contributed by atoms with van der Waals surface area (Å²) < 4.78 is 15.2. The number of nitrogens with one attached hydrogen (secondary N) is 2. The van der Waals surface area contributed by atoms with Crippen molar-refractivity contribution < 1.29 is 19.1 Å². The summed E-state index contributed by atoms with van der Waals surface area (Å²) in [6.07, 6.45) is 2.87. The van der Waals surface area contributed by atoms with Crippen molar-refractivity contribution in [2.45, 2.75) is 29.9 Å². The van der Waals surface area contributed by atoms with Crippen LogP contribution in [-0.2, 0) is 18.3 Å². The molecule has 1 aliphatic rings. The molecule has 0 spiro atoms. The predicted molar refractivity (Wildman–Crippen MR) is 103 cm³/mol. The summed E-state index contributed by atoms with van der Waals surface area (Å²) in [4.78, 5) is 21.9. The number of aromatic nitrogens is 1. The molecular formula is C19H19FN4O3S. The van der Waals surface area contributed by atoms with Crippen LogP contribution in [0.5, 0.6) is 0 Å². The number of nitriles is 1. The molecule has 0 saturated carbocycles. The summed E-state index contributed by atoms with van der Waals surface area (Å²) in [5.41, 5.74) is 1.45. The van der Waals surface area contributed by atoms with Gasteiger partial charge in [0.25, 0.3) is 5.91 Å². The number of aliphatic hydroxyl groups excluding tert-OH is 1. The largest absolute Gasteiger partial charge is 0.386 e. The van der Waals surface area contributed by atoms with Crippen LogP contribution in [0.3, 0.4) is 0 Å². The molecule has 3 rings (SSSR count). The molecule has 1 aromatic heterocycles. The number of hydrogen-bond acceptors (Lipinski definition) is 6. The van der Waals surface area contributed by atoms with Gasteiger partial charge in [-0.1, -0.05) is 6.08 Å². The van der Waals surface area contributed by atoms with E-state index in [0.29, 0.717) is 24.2 Å². The van der Waals surface area contributed by atoms with Crippen LogP contribution in [0.4, 0.5) is 10.1 Å². The normalized spacial score (nSPS) is 17.6. The fraction of sp³-hybridized carbons (Fsp3) is 0.263. The van der Waals surface area contributed by atoms with E-state index in [2.05, 4.69) is 16.8 Å². The van der Waals surface area contributed by atoms with Crippen LogP contribution in [-0.4, -0.2) is 27.8 Å². The van der Waals surface area contributed by atoms with E-state index in [9.17, 15) is 14.3 Å². The number of hydrogen-bond donors (Lipinski definition) is 3. The Morgan fingerprint density at radius 1 is 1.64 bits per heavy atom. The number of fused-ring (bicyclic) bond motifs is 1. The zero-order valence-corrected chi connectivity index (χ0v) is 15.9. The van der Waals surface area contributed by atoms with Gasteiger partial charge in [-0.3, -0.25) is 9.63 Å². The number of aliphatic hydroxyl groups is 1. The molecule has 0 fully saturated rings. The van der Waals surface area contributed by atoms with Crippen molar-refractivity contribution >= 4 is 23.5 Å². The third kappa shape index (κ3) is 4.10. The van der Waals surface area contributed by atoms with Gasteiger partial charge in [-0.25, -0.2) is 4.39 Å². The van der Waals surface area contributed by atoms with Gasteiger partial charge in [0.15, 0.2) is 0 Å². The van der Waals surface area contributed by atoms with Gasteiger partial charge in [0, 0.05) is 23.8 Å². The van der Waals surface area contributed by atoms with Crippen LogP contribution in [0.25, 0.3) is 0 Å². The first-order valence-corrected chi connectivity index (χ1v) is 9.33. The first-order valence-electron chi connectivity index (χ1n) is 8.52. The summed E-state index contributed by atoms with van der Waals surface area (Å²) in [5.74, 6) is -1.01. The van der Waals surface area contributed by atoms with Crippen LogP contribution in [0, 0.1) is 17.1 Å². The molecule has 28 heavy (non-hydrogen) atoms. The number of anilines is 1. The third-order valence-corrected chi connectivity index (χ3v) is 5.21. The topological polar surface area (TPSA) is 99.3 Å². The van der Waals surface area contributed by atoms with E-state index < -0.39 is 18.0 Å². The molecule has 7 nitrogen and oxygen atoms in total. The molecule has 2 atom stereocenters. The second-order valence-corrected chi connectivity index (χ2v) is 7.11. The summed E-state index contributed by atoms with van der Waals surface area (Å²) in [7, 11) is 1.75. The first-order chi connectivity index (χ1) is 13.4. The van der Waals surface area contributed by atoms with E-state index in [0.717, 1.165) is 16.5 Å². The first kappa shape index (κ1) is 20.1. The van der Waals surface area contributed by atoms with E-state index in [-0.39, 0.29) is 11.5 Å². The van der Waals surface area contributed by atoms with Crippen LogP contribution >= 0.6 is 11.9 Å². The highest BCUT2D eigenvalue weighted by Gasteiger charge is 2.26. The second kappa shape index (κ2) is 8.58. The van der Waals surface area contributed by atoms with Gasteiger partial charge in [-0.2, -0.15) is 5.26 Å². The van der Waals surface area contributed by atoms with Gasteiger partial charge >= 0.3 is 0 Å². The molecule has 146 valence electrons. The minimum Gasteiger partial charge on any atom is -0.386 e. The van der Waals surface area contributed by atoms with Crippen molar-refractivity contribution in [3.8, 4) is 6.07 Å². The molecule has 0 saturated heterocycles. The number of benzene rings is 1. The smallest absolute Gasteiger partial charge is 0.272 e. The average Bonchev–Trinajstić information content (AvgIpc) is 2.97. The highest BCUT2D eigenvalue weighted by Crippen LogP contribution is 2.30. The van der Waals surface area contributed by atoms with E-state index in [4.69, 9.17) is 10.1 Å². The maximum Gasteiger partial charge on any atom is 0.272 e. The fourth-order valence-corrected chi connectivity index (χ4v) is 3.82. The Morgan fingerprint density at radius 2 is 2.43 bits per heavy atom. The lowest BCUT2D eigenvalue weighted by molar-refractivity contribution is -0.0438. The molecule has 0 aliphatic carbocycles. The van der Waals surface area contributed by atoms with E-state index >= 15 is 0 Å². The predicted octanol–water partition coefficient (Wildman–Crippen LogP) is 2.68. The number of carbonyl (C=O) groups excluding carboxylic acids is 1. The zero-order valence-electron chi connectivity index (χ0n) is 15.1. The quantitative estimate of drug-likeness (QED) is 0.537. The number of rotatable bonds is 4. The highest BCUT2D eigenvalue weighted by atomic mass is 32.2. The Morgan fingerprint density at radius 3 is 3.14 bits per heavy atom. The van der Waals surface area contributed by atoms with Crippen molar-refractivity contribution in [2.24, 2.45) is 7.05 Å². The van der Waals surface area contributed by atoms with Gasteiger partial charge in [-0.05, 0) is 48.6 Å². The number of halogens is 1. The molecule has 0 radical (unpaired) electrons. The molecule has 2 aromatic rings. The standard InChI is InChI=1S/C19H19FN4O3S/c1-3-15(25)16-7-5-13-17(28-23-27-16)10-24(2)18(13)19(26)22-12-4-6-14(20)11(8-12)9-21/h3-4,6,8,10,15-16,23,25H,1,5,7H2,2H3,(H,22,26). The summed E-state index contributed by atoms with van der Waals surface area (Å²) in [5, 5.41) is 21.6. The molecule has 1 amide bonds. The van der Waals surface area contributed by atoms with Crippen LogP contribution < -0.4 is 10.2 Å². The molecule has 2 heterocycles. The summed E-state index contributed by atoms with van der Waals surface area (Å²) in [6.45, 7) is 3.57. The Kier molecular flexibility index (Phi) is 6.16. The van der Waals surface area contributed by atoms with Gasteiger partial charge in [0.2, 0.25) is 0 Å². The summed E-state index contributed by atoms with van der Waals surface area (Å²) >= 11 is 1.21. The lowest BCUT2D eigenvalue weighted by Gasteiger charge is -2.23. The van der Waals surface area contributed by atoms with Gasteiger partial charge in [-0.15, -0.1) is 11.5 Å². The van der Waals surface area contributed by atoms with Crippen molar-refractivity contribution in [2.75, 3.05) is 5.32 Å². The second-order valence-electron chi connectivity index (χ2n) is 6.30. The van der Waals surface area contributed by atoms with E-state index in [1.807, 2.05) is 0 Å². The molecule has 1 aliphatic heterocycles. The minimum atomic E-state index is -0.834. The van der Waals surface area contributed by atoms with Gasteiger partial charge in [0.05, 0.1) is 5.56 Å². The van der Waals surface area contributed by atoms with Gasteiger partial charge in [0.1, 0.15) is 29.8 Å². The minimum absolute atomic E-state index is 0.141. The number of amides is 1. The molecule has 9 heteroatoms. The Bertz CT molecular complexity index is 953. The van der Waals surface area contributed by atoms with E-state index in [1.165, 1.54) is 30.2 Å². The number of nitrogens with zero attached hydrogens (tertiary/aromatic N) is 2. The maximum absolute atomic E-state index is 13.5. The monoisotopic (exact) mass is 402 g/mol. The molecule has 2 unspecified atom stereocenters. The van der Waals surface area contributed by atoms with Crippen LogP contribution in [0.15, 0.2) is 41.9 Å². The Balaban J connectivity index is 1.86. The SMILES string of the molecule is C=CC(O)C1CCc2c(cn(C)c2C(=O)Nc2ccc(F)c(C#N)c2)SNO1. The van der Waals surface area contributed by atoms with E-state index in [1.54, 1.807) is 23.9 Å². The highest BCUT2D eigenvalue weighted by molar-refractivity contribution is 7.97. The fourth-order valence-electron chi connectivity index (χ4n) is 3.02. The molecule has 0 bridgehead atoms. The van der Waals surface area contributed by atoms with Crippen LogP contribution in [0.2, 0.25) is 0 Å². The third-order valence-electron chi connectivity index (χ3n) is 4.46. The lowest BCUT2D eigenvalue weighted by Crippen LogP contribution is -2.32. The number of aryl methyl sites for hydroxylation is 1. The zero-order chi connectivity index (χ0) is 20.3. The van der Waals surface area contributed by atoms with Crippen molar-refractivity contribution in [3.05, 3.63) is 59.7 Å². The van der Waals surface area contributed by atoms with Crippen LogP contribution in [0.1, 0.15) is 28.0 Å². The van der Waals surface area contributed by atoms with Crippen molar-refractivity contribution in [3.63, 3.8) is 0 Å². The molecule has 1 aromatic carbocycles. The number of carbonyl (C=O) groups is 1. The average molecular weight is 402 g/mol. The van der Waals surface area contributed by atoms with Gasteiger partial charge < -0.3 is 15.0 Å².